The Bertz CT molecular complexity index is 2660. The first-order chi connectivity index (χ1) is 40.2. The number of hydrogen-bond donors (Lipinski definition) is 8. The number of hydroxylamine groups is 1. The quantitative estimate of drug-likeness (QED) is 0.0235. The molecule has 0 aliphatic carbocycles. The number of benzene rings is 2. The van der Waals surface area contributed by atoms with Gasteiger partial charge in [0.2, 0.25) is 23.7 Å². The van der Waals surface area contributed by atoms with Gasteiger partial charge in [-0.05, 0) is 60.6 Å². The predicted molar refractivity (Wildman–Crippen MR) is 311 cm³/mol. The van der Waals surface area contributed by atoms with Crippen LogP contribution in [0.1, 0.15) is 76.0 Å². The fourth-order valence-corrected chi connectivity index (χ4v) is 9.60. The van der Waals surface area contributed by atoms with Gasteiger partial charge in [-0.2, -0.15) is 4.98 Å². The van der Waals surface area contributed by atoms with Gasteiger partial charge in [-0.1, -0.05) is 57.9 Å². The molecule has 0 unspecified atom stereocenters. The van der Waals surface area contributed by atoms with Gasteiger partial charge in [0.1, 0.15) is 35.6 Å². The highest BCUT2D eigenvalue weighted by atomic mass is 16.7. The van der Waals surface area contributed by atoms with Crippen LogP contribution in [-0.4, -0.2) is 191 Å². The largest absolute Gasteiger partial charge is 0.496 e. The molecule has 1 spiro atoms. The van der Waals surface area contributed by atoms with Crippen molar-refractivity contribution in [2.75, 3.05) is 136 Å². The number of primary amides is 1. The number of morpholine rings is 1. The maximum atomic E-state index is 13.7. The maximum absolute atomic E-state index is 13.7. The summed E-state index contributed by atoms with van der Waals surface area (Å²) in [5.41, 5.74) is 18.3. The highest BCUT2D eigenvalue weighted by Gasteiger charge is 2.48. The van der Waals surface area contributed by atoms with Crippen molar-refractivity contribution in [3.8, 4) is 5.75 Å². The van der Waals surface area contributed by atoms with Gasteiger partial charge in [-0.25, -0.2) is 20.1 Å². The molecule has 2 aromatic heterocycles. The summed E-state index contributed by atoms with van der Waals surface area (Å²) in [5, 5.41) is 14.4. The van der Waals surface area contributed by atoms with E-state index in [1.54, 1.807) is 57.2 Å². The third-order valence-corrected chi connectivity index (χ3v) is 13.8. The number of unbranched alkanes of at least 4 members (excludes halogenated alkanes) is 2. The molecule has 4 aromatic rings. The van der Waals surface area contributed by atoms with Crippen molar-refractivity contribution < 1.29 is 62.0 Å². The van der Waals surface area contributed by atoms with Gasteiger partial charge in [-0.15, -0.1) is 0 Å². The average Bonchev–Trinajstić information content (AvgIpc) is 3.57. The van der Waals surface area contributed by atoms with E-state index in [1.165, 1.54) is 0 Å². The first-order valence-corrected chi connectivity index (χ1v) is 28.6. The van der Waals surface area contributed by atoms with Gasteiger partial charge in [-0.3, -0.25) is 24.1 Å². The SMILES string of the molecule is CCCCCNc1nc(N)nc2ccn(Cc3ccc(CN4CC5(C4)CN(C(=O)OCc4ccc(NC(=O)[C@H](CCCNC(N)=O)NC(=O)[C@@H](NC(=O)CCOCCOCCOCCOCCONC)C(C)C)cc4)CCO5)cc3OC)c12. The Labute approximate surface area is 485 Å². The highest BCUT2D eigenvalue weighted by Crippen LogP contribution is 2.33. The molecule has 6 rings (SSSR count). The van der Waals surface area contributed by atoms with Gasteiger partial charge in [0, 0.05) is 70.2 Å². The number of likely N-dealkylation sites (tertiary alicyclic amines) is 1. The average molecular weight is 1160 g/mol. The smallest absolute Gasteiger partial charge is 0.410 e. The molecule has 0 bridgehead atoms. The number of hydrogen-bond acceptors (Lipinski definition) is 19. The van der Waals surface area contributed by atoms with E-state index in [9.17, 15) is 24.0 Å². The van der Waals surface area contributed by atoms with Crippen molar-refractivity contribution in [2.24, 2.45) is 11.7 Å². The molecule has 2 aliphatic heterocycles. The van der Waals surface area contributed by atoms with Crippen LogP contribution in [0.15, 0.2) is 54.7 Å². The zero-order valence-electron chi connectivity index (χ0n) is 48.8. The van der Waals surface area contributed by atoms with Crippen LogP contribution in [0.25, 0.3) is 11.0 Å². The minimum absolute atomic E-state index is 0.00113. The monoisotopic (exact) mass is 1160 g/mol. The molecule has 6 amide bonds. The number of ether oxygens (including phenoxy) is 7. The molecule has 2 saturated heterocycles. The number of amides is 6. The Morgan fingerprint density at radius 1 is 0.795 bits per heavy atom. The van der Waals surface area contributed by atoms with Crippen LogP contribution in [0, 0.1) is 5.92 Å². The maximum Gasteiger partial charge on any atom is 0.410 e. The third kappa shape index (κ3) is 21.7. The molecule has 458 valence electrons. The Hall–Kier alpha value is -6.91. The summed E-state index contributed by atoms with van der Waals surface area (Å²) in [6.45, 7) is 13.6. The Balaban J connectivity index is 0.914. The number of nitrogen functional groups attached to an aromatic ring is 1. The number of nitrogens with two attached hydrogens (primary N) is 2. The Kier molecular flexibility index (Phi) is 27.2. The molecular weight excluding hydrogens is 1070 g/mol. The summed E-state index contributed by atoms with van der Waals surface area (Å²) in [7, 11) is 3.36. The molecule has 26 nitrogen and oxygen atoms in total. The normalized spacial score (nSPS) is 14.7. The van der Waals surface area contributed by atoms with Crippen molar-refractivity contribution in [3.05, 3.63) is 71.4 Å². The number of aromatic nitrogens is 3. The van der Waals surface area contributed by atoms with Crippen LogP contribution in [-0.2, 0) is 67.3 Å². The van der Waals surface area contributed by atoms with Crippen LogP contribution in [0.2, 0.25) is 0 Å². The fraction of sp³-hybridized carbons (Fsp3) is 0.596. The van der Waals surface area contributed by atoms with Gasteiger partial charge in [0.05, 0.1) is 91.8 Å². The number of nitrogens with zero attached hydrogens (tertiary/aromatic N) is 5. The molecule has 0 saturated carbocycles. The lowest BCUT2D eigenvalue weighted by atomic mass is 9.91. The predicted octanol–water partition coefficient (Wildman–Crippen LogP) is 3.52. The second-order valence-corrected chi connectivity index (χ2v) is 20.8. The van der Waals surface area contributed by atoms with Crippen LogP contribution in [0.5, 0.6) is 5.75 Å². The van der Waals surface area contributed by atoms with Crippen molar-refractivity contribution >= 4 is 58.3 Å². The minimum atomic E-state index is -1.03. The Morgan fingerprint density at radius 2 is 1.49 bits per heavy atom. The summed E-state index contributed by atoms with van der Waals surface area (Å²) in [6, 6.07) is 12.3. The summed E-state index contributed by atoms with van der Waals surface area (Å²) >= 11 is 0. The van der Waals surface area contributed by atoms with Crippen LogP contribution < -0.4 is 48.3 Å². The molecule has 2 aliphatic rings. The third-order valence-electron chi connectivity index (χ3n) is 13.8. The molecule has 2 atom stereocenters. The lowest BCUT2D eigenvalue weighted by Crippen LogP contribution is -2.70. The first kappa shape index (κ1) is 65.2. The minimum Gasteiger partial charge on any atom is -0.496 e. The molecule has 0 radical (unpaired) electrons. The molecule has 10 N–H and O–H groups in total. The highest BCUT2D eigenvalue weighted by molar-refractivity contribution is 5.98. The van der Waals surface area contributed by atoms with E-state index in [-0.39, 0.29) is 51.1 Å². The molecule has 4 heterocycles. The number of urea groups is 1. The number of fused-ring (bicyclic) bond motifs is 1. The van der Waals surface area contributed by atoms with Crippen molar-refractivity contribution in [2.45, 2.75) is 96.7 Å². The van der Waals surface area contributed by atoms with Crippen molar-refractivity contribution in [3.63, 3.8) is 0 Å². The summed E-state index contributed by atoms with van der Waals surface area (Å²) < 4.78 is 41.9. The first-order valence-electron chi connectivity index (χ1n) is 28.6. The number of rotatable bonds is 38. The molecule has 2 aromatic carbocycles. The zero-order valence-corrected chi connectivity index (χ0v) is 48.8. The van der Waals surface area contributed by atoms with Gasteiger partial charge >= 0.3 is 12.1 Å². The van der Waals surface area contributed by atoms with Gasteiger partial charge < -0.3 is 80.7 Å². The number of carbonyl (C=O) groups excluding carboxylic acids is 5. The lowest BCUT2D eigenvalue weighted by molar-refractivity contribution is -0.181. The van der Waals surface area contributed by atoms with Gasteiger partial charge in [0.15, 0.2) is 5.82 Å². The van der Waals surface area contributed by atoms with Gasteiger partial charge in [0.25, 0.3) is 0 Å². The van der Waals surface area contributed by atoms with Crippen molar-refractivity contribution in [1.29, 1.82) is 0 Å². The lowest BCUT2D eigenvalue weighted by Gasteiger charge is -2.53. The number of methoxy groups -OCH3 is 1. The van der Waals surface area contributed by atoms with Crippen LogP contribution in [0.3, 0.4) is 0 Å². The van der Waals surface area contributed by atoms with E-state index in [0.29, 0.717) is 110 Å². The summed E-state index contributed by atoms with van der Waals surface area (Å²) in [4.78, 5) is 83.0. The van der Waals surface area contributed by atoms with E-state index >= 15 is 0 Å². The summed E-state index contributed by atoms with van der Waals surface area (Å²) in [5.74, 6) is -0.0631. The van der Waals surface area contributed by atoms with Crippen LogP contribution >= 0.6 is 0 Å². The molecule has 83 heavy (non-hydrogen) atoms. The van der Waals surface area contributed by atoms with Crippen molar-refractivity contribution in [1.82, 2.24) is 45.8 Å². The fourth-order valence-electron chi connectivity index (χ4n) is 9.60. The van der Waals surface area contributed by atoms with Crippen LogP contribution in [0.4, 0.5) is 27.0 Å². The van der Waals surface area contributed by atoms with E-state index in [4.69, 9.17) is 49.5 Å². The van der Waals surface area contributed by atoms with E-state index in [2.05, 4.69) is 76.6 Å². The molecule has 2 fully saturated rings. The summed E-state index contributed by atoms with van der Waals surface area (Å²) in [6.07, 6.45) is 5.29. The van der Waals surface area contributed by atoms with E-state index < -0.39 is 47.5 Å². The van der Waals surface area contributed by atoms with E-state index in [0.717, 1.165) is 59.5 Å². The Morgan fingerprint density at radius 3 is 2.17 bits per heavy atom. The topological polar surface area (TPSA) is 321 Å². The zero-order chi connectivity index (χ0) is 59.4. The second-order valence-electron chi connectivity index (χ2n) is 20.8. The number of nitrogens with one attached hydrogen (secondary N) is 6. The standard InChI is InChI=1S/C57H87N13O13/c1-6-7-8-19-61-51-50-45(65-54(58)67-51)17-21-69(50)35-43-14-11-42(33-47(43)76-5)34-68-37-57(38-68)39-70(22-24-82-57)56(75)81-36-41-12-15-44(16-13-41)63-52(72)46(10-9-20-62-55(59)74)64-53(73)49(40(2)3)66-48(71)18-23-77-25-26-78-27-28-79-29-30-80-31-32-83-60-4/h11-17,21,33,40,46,49,60H,6-10,18-20,22-32,34-39H2,1-5H3,(H,63,72)(H,64,73)(H,66,71)(H3,59,62,74)(H3,58,61,65,67)/t46-,49-/m0/s1. The second kappa shape index (κ2) is 34.6. The number of carbonyl (C=O) groups is 5. The molecular formula is C57H87N13O13. The molecule has 26 heteroatoms. The van der Waals surface area contributed by atoms with E-state index in [1.807, 2.05) is 12.3 Å². The number of anilines is 3.